The number of anilines is 2. The van der Waals surface area contributed by atoms with E-state index in [0.29, 0.717) is 11.0 Å². The summed E-state index contributed by atoms with van der Waals surface area (Å²) in [7, 11) is 0. The van der Waals surface area contributed by atoms with Gasteiger partial charge in [0.15, 0.2) is 5.16 Å². The van der Waals surface area contributed by atoms with Crippen LogP contribution in [0.5, 0.6) is 0 Å². The molecule has 0 bridgehead atoms. The number of hydrogen-bond acceptors (Lipinski definition) is 5. The van der Waals surface area contributed by atoms with Gasteiger partial charge in [0.25, 0.3) is 5.91 Å². The molecule has 0 radical (unpaired) electrons. The topological polar surface area (TPSA) is 80.9 Å². The second kappa shape index (κ2) is 6.44. The maximum atomic E-state index is 11.7. The largest absolute Gasteiger partial charge is 0.365 e. The second-order valence-electron chi connectivity index (χ2n) is 4.78. The highest BCUT2D eigenvalue weighted by Gasteiger charge is 2.18. The fraction of sp³-hybridized carbons (Fsp3) is 0.0625. The summed E-state index contributed by atoms with van der Waals surface area (Å²) in [5, 5.41) is 3.63. The number of halogens is 1. The molecule has 1 aromatic heterocycles. The van der Waals surface area contributed by atoms with Gasteiger partial charge in [-0.3, -0.25) is 4.79 Å². The Labute approximate surface area is 142 Å². The molecular formula is C16H13ClN4OS. The zero-order chi connectivity index (χ0) is 16.4. The van der Waals surface area contributed by atoms with Gasteiger partial charge in [0, 0.05) is 5.69 Å². The number of primary amides is 1. The molecule has 2 aliphatic carbocycles. The Morgan fingerprint density at radius 2 is 1.83 bits per heavy atom. The van der Waals surface area contributed by atoms with E-state index in [2.05, 4.69) is 15.3 Å². The van der Waals surface area contributed by atoms with E-state index in [0.717, 1.165) is 16.8 Å². The zero-order valence-electron chi connectivity index (χ0n) is 12.2. The Bertz CT molecular complexity index is 825. The molecule has 0 aromatic carbocycles. The van der Waals surface area contributed by atoms with Gasteiger partial charge in [-0.05, 0) is 29.5 Å². The summed E-state index contributed by atoms with van der Waals surface area (Å²) in [5.41, 5.74) is 8.43. The first kappa shape index (κ1) is 15.6. The standard InChI is InChI=1S/C16H13ClN4OS/c1-23-16-20-13(17)12(14(18)22)15(21-16)19-11-7-9-5-3-2-4-6-10(9)8-11/h2-8H,1H3,(H2,18,22)(H,19,20,21). The first-order chi connectivity index (χ1) is 11.1. The molecule has 116 valence electrons. The quantitative estimate of drug-likeness (QED) is 0.427. The maximum absolute atomic E-state index is 11.7. The summed E-state index contributed by atoms with van der Waals surface area (Å²) >= 11 is 7.40. The molecule has 0 atom stereocenters. The Kier molecular flexibility index (Phi) is 4.36. The van der Waals surface area contributed by atoms with Crippen LogP contribution in [-0.2, 0) is 0 Å². The van der Waals surface area contributed by atoms with Gasteiger partial charge in [-0.15, -0.1) is 0 Å². The van der Waals surface area contributed by atoms with Crippen molar-refractivity contribution < 1.29 is 4.79 Å². The van der Waals surface area contributed by atoms with Crippen molar-refractivity contribution in [3.63, 3.8) is 0 Å². The number of fused-ring (bicyclic) bond motifs is 1. The Morgan fingerprint density at radius 3 is 2.39 bits per heavy atom. The van der Waals surface area contributed by atoms with Crippen molar-refractivity contribution in [1.29, 1.82) is 0 Å². The molecule has 1 amide bonds. The van der Waals surface area contributed by atoms with Gasteiger partial charge in [-0.2, -0.15) is 0 Å². The predicted molar refractivity (Wildman–Crippen MR) is 93.7 cm³/mol. The van der Waals surface area contributed by atoms with Gasteiger partial charge < -0.3 is 11.1 Å². The first-order valence-electron chi connectivity index (χ1n) is 6.75. The lowest BCUT2D eigenvalue weighted by atomic mass is 10.2. The minimum atomic E-state index is -0.673. The van der Waals surface area contributed by atoms with E-state index < -0.39 is 5.91 Å². The molecule has 0 saturated heterocycles. The molecule has 0 unspecified atom stereocenters. The third-order valence-electron chi connectivity index (χ3n) is 3.27. The number of aromatic nitrogens is 2. The van der Waals surface area contributed by atoms with Crippen LogP contribution in [0.2, 0.25) is 5.15 Å². The highest BCUT2D eigenvalue weighted by Crippen LogP contribution is 2.32. The number of nitrogens with one attached hydrogen (secondary N) is 1. The van der Waals surface area contributed by atoms with Crippen molar-refractivity contribution in [3.05, 3.63) is 53.2 Å². The van der Waals surface area contributed by atoms with Crippen LogP contribution in [0.3, 0.4) is 0 Å². The Hall–Kier alpha value is -2.31. The normalized spacial score (nSPS) is 10.7. The first-order valence-corrected chi connectivity index (χ1v) is 8.36. The molecule has 2 aliphatic rings. The van der Waals surface area contributed by atoms with Crippen LogP contribution >= 0.6 is 23.4 Å². The second-order valence-corrected chi connectivity index (χ2v) is 5.91. The fourth-order valence-corrected chi connectivity index (χ4v) is 2.92. The Morgan fingerprint density at radius 1 is 1.17 bits per heavy atom. The number of carbonyl (C=O) groups is 1. The third-order valence-corrected chi connectivity index (χ3v) is 4.09. The summed E-state index contributed by atoms with van der Waals surface area (Å²) < 4.78 is 0. The third kappa shape index (κ3) is 3.23. The van der Waals surface area contributed by atoms with Crippen LogP contribution in [0, 0.1) is 0 Å². The zero-order valence-corrected chi connectivity index (χ0v) is 13.8. The number of rotatable bonds is 4. The maximum Gasteiger partial charge on any atom is 0.255 e. The van der Waals surface area contributed by atoms with E-state index in [4.69, 9.17) is 17.3 Å². The van der Waals surface area contributed by atoms with Crippen molar-refractivity contribution in [1.82, 2.24) is 9.97 Å². The van der Waals surface area contributed by atoms with Crippen molar-refractivity contribution in [2.75, 3.05) is 11.6 Å². The Balaban J connectivity index is 2.06. The number of hydrogen-bond donors (Lipinski definition) is 2. The van der Waals surface area contributed by atoms with Crippen molar-refractivity contribution in [2.24, 2.45) is 5.73 Å². The van der Waals surface area contributed by atoms with E-state index in [9.17, 15) is 4.79 Å². The molecule has 0 saturated carbocycles. The molecule has 23 heavy (non-hydrogen) atoms. The SMILES string of the molecule is CSc1nc(Cl)c(C(N)=O)c(Nc2cc3cccccc-3c2)n1. The lowest BCUT2D eigenvalue weighted by Crippen LogP contribution is -2.16. The van der Waals surface area contributed by atoms with Gasteiger partial charge in [-0.25, -0.2) is 9.97 Å². The van der Waals surface area contributed by atoms with E-state index in [1.165, 1.54) is 11.8 Å². The van der Waals surface area contributed by atoms with Crippen LogP contribution in [-0.4, -0.2) is 22.1 Å². The van der Waals surface area contributed by atoms with Crippen molar-refractivity contribution in [3.8, 4) is 11.1 Å². The number of nitrogens with zero attached hydrogens (tertiary/aromatic N) is 2. The van der Waals surface area contributed by atoms with Crippen LogP contribution in [0.15, 0.2) is 47.6 Å². The lowest BCUT2D eigenvalue weighted by molar-refractivity contribution is 0.100. The van der Waals surface area contributed by atoms with Gasteiger partial charge in [-0.1, -0.05) is 53.7 Å². The number of thioether (sulfide) groups is 1. The molecule has 3 N–H and O–H groups in total. The molecule has 0 spiro atoms. The fourth-order valence-electron chi connectivity index (χ4n) is 2.24. The molecule has 1 aromatic rings. The van der Waals surface area contributed by atoms with Gasteiger partial charge in [0.1, 0.15) is 16.5 Å². The number of amides is 1. The van der Waals surface area contributed by atoms with Gasteiger partial charge in [0.2, 0.25) is 0 Å². The van der Waals surface area contributed by atoms with Crippen LogP contribution < -0.4 is 11.1 Å². The van der Waals surface area contributed by atoms with Gasteiger partial charge >= 0.3 is 0 Å². The number of carbonyl (C=O) groups excluding carboxylic acids is 1. The molecule has 0 fully saturated rings. The average Bonchev–Trinajstić information content (AvgIpc) is 2.74. The molecule has 1 heterocycles. The van der Waals surface area contributed by atoms with Crippen molar-refractivity contribution in [2.45, 2.75) is 5.16 Å². The lowest BCUT2D eigenvalue weighted by Gasteiger charge is -2.10. The highest BCUT2D eigenvalue weighted by atomic mass is 35.5. The summed E-state index contributed by atoms with van der Waals surface area (Å²) in [5.74, 6) is -0.366. The summed E-state index contributed by atoms with van der Waals surface area (Å²) in [4.78, 5) is 20.0. The molecule has 3 rings (SSSR count). The van der Waals surface area contributed by atoms with Crippen molar-refractivity contribution >= 4 is 40.8 Å². The van der Waals surface area contributed by atoms with E-state index in [-0.39, 0.29) is 10.7 Å². The monoisotopic (exact) mass is 344 g/mol. The van der Waals surface area contributed by atoms with Gasteiger partial charge in [0.05, 0.1) is 0 Å². The summed E-state index contributed by atoms with van der Waals surface area (Å²) in [6, 6.07) is 13.9. The van der Waals surface area contributed by atoms with Crippen LogP contribution in [0.1, 0.15) is 10.4 Å². The summed E-state index contributed by atoms with van der Waals surface area (Å²) in [6.07, 6.45) is 1.83. The molecular weight excluding hydrogens is 332 g/mol. The van der Waals surface area contributed by atoms with E-state index >= 15 is 0 Å². The predicted octanol–water partition coefficient (Wildman–Crippen LogP) is 3.80. The van der Waals surface area contributed by atoms with Crippen LogP contribution in [0.4, 0.5) is 11.5 Å². The van der Waals surface area contributed by atoms with E-state index in [1.807, 2.05) is 48.7 Å². The highest BCUT2D eigenvalue weighted by molar-refractivity contribution is 7.98. The molecule has 0 aliphatic heterocycles. The minimum absolute atomic E-state index is 0.0434. The smallest absolute Gasteiger partial charge is 0.255 e. The number of nitrogens with two attached hydrogens (primary N) is 1. The molecule has 5 nitrogen and oxygen atoms in total. The minimum Gasteiger partial charge on any atom is -0.365 e. The molecule has 7 heteroatoms. The van der Waals surface area contributed by atoms with Crippen LogP contribution in [0.25, 0.3) is 11.1 Å². The van der Waals surface area contributed by atoms with E-state index in [1.54, 1.807) is 0 Å². The average molecular weight is 345 g/mol. The summed E-state index contributed by atoms with van der Waals surface area (Å²) in [6.45, 7) is 0.